The van der Waals surface area contributed by atoms with E-state index in [4.69, 9.17) is 4.74 Å². The Balaban J connectivity index is 2.62. The van der Waals surface area contributed by atoms with Crippen molar-refractivity contribution < 1.29 is 9.53 Å². The summed E-state index contributed by atoms with van der Waals surface area (Å²) in [6.07, 6.45) is 0.877. The Labute approximate surface area is 86.2 Å². The van der Waals surface area contributed by atoms with Crippen LogP contribution in [0.25, 0.3) is 0 Å². The molecule has 14 heavy (non-hydrogen) atoms. The largest absolute Gasteiger partial charge is 0.460 e. The first-order chi connectivity index (χ1) is 6.22. The Kier molecular flexibility index (Phi) is 2.91. The minimum absolute atomic E-state index is 0.0123. The number of rotatable bonds is 1. The van der Waals surface area contributed by atoms with E-state index < -0.39 is 0 Å². The van der Waals surface area contributed by atoms with Gasteiger partial charge in [0, 0.05) is 5.54 Å². The van der Waals surface area contributed by atoms with E-state index >= 15 is 0 Å². The van der Waals surface area contributed by atoms with Crippen LogP contribution in [0.1, 0.15) is 41.0 Å². The van der Waals surface area contributed by atoms with Crippen LogP contribution in [-0.4, -0.2) is 23.7 Å². The van der Waals surface area contributed by atoms with Crippen LogP contribution in [0, 0.1) is 5.92 Å². The zero-order chi connectivity index (χ0) is 11.0. The maximum atomic E-state index is 11.8. The molecule has 3 heteroatoms. The summed E-state index contributed by atoms with van der Waals surface area (Å²) >= 11 is 0. The van der Waals surface area contributed by atoms with Gasteiger partial charge < -0.3 is 10.1 Å². The molecule has 1 saturated heterocycles. The molecule has 1 atom stereocenters. The smallest absolute Gasteiger partial charge is 0.311 e. The third-order valence-electron chi connectivity index (χ3n) is 2.58. The standard InChI is InChI=1S/C11H21NO2/c1-10(2,3)14-9(13)8-6-7-12-11(8,4)5/h8,12H,6-7H2,1-5H3. The quantitative estimate of drug-likeness (QED) is 0.653. The van der Waals surface area contributed by atoms with Crippen molar-refractivity contribution in [2.75, 3.05) is 6.54 Å². The monoisotopic (exact) mass is 199 g/mol. The van der Waals surface area contributed by atoms with Gasteiger partial charge >= 0.3 is 5.97 Å². The van der Waals surface area contributed by atoms with Gasteiger partial charge in [-0.15, -0.1) is 0 Å². The fraction of sp³-hybridized carbons (Fsp3) is 0.909. The van der Waals surface area contributed by atoms with Crippen LogP contribution in [0.3, 0.4) is 0 Å². The van der Waals surface area contributed by atoms with Crippen molar-refractivity contribution in [3.8, 4) is 0 Å². The zero-order valence-electron chi connectivity index (χ0n) is 9.81. The van der Waals surface area contributed by atoms with Crippen LogP contribution >= 0.6 is 0 Å². The number of carbonyl (C=O) groups is 1. The highest BCUT2D eigenvalue weighted by Gasteiger charge is 2.41. The SMILES string of the molecule is CC(C)(C)OC(=O)C1CCNC1(C)C. The van der Waals surface area contributed by atoms with E-state index in [-0.39, 0.29) is 23.0 Å². The molecule has 1 fully saturated rings. The molecule has 1 aliphatic rings. The van der Waals surface area contributed by atoms with Gasteiger partial charge in [0.15, 0.2) is 0 Å². The number of esters is 1. The summed E-state index contributed by atoms with van der Waals surface area (Å²) < 4.78 is 5.38. The van der Waals surface area contributed by atoms with E-state index in [1.807, 2.05) is 20.8 Å². The number of hydrogen-bond donors (Lipinski definition) is 1. The first-order valence-corrected chi connectivity index (χ1v) is 5.20. The molecular formula is C11H21NO2. The summed E-state index contributed by atoms with van der Waals surface area (Å²) in [5.41, 5.74) is -0.502. The first kappa shape index (κ1) is 11.5. The number of nitrogens with one attached hydrogen (secondary N) is 1. The molecule has 0 aromatic carbocycles. The Morgan fingerprint density at radius 3 is 2.36 bits per heavy atom. The molecule has 0 spiro atoms. The second-order valence-corrected chi connectivity index (χ2v) is 5.52. The van der Waals surface area contributed by atoms with Gasteiger partial charge in [0.2, 0.25) is 0 Å². The fourth-order valence-corrected chi connectivity index (χ4v) is 1.81. The Hall–Kier alpha value is -0.570. The van der Waals surface area contributed by atoms with Gasteiger partial charge in [-0.2, -0.15) is 0 Å². The number of carbonyl (C=O) groups excluding carboxylic acids is 1. The fourth-order valence-electron chi connectivity index (χ4n) is 1.81. The van der Waals surface area contributed by atoms with Gasteiger partial charge in [0.25, 0.3) is 0 Å². The van der Waals surface area contributed by atoms with Crippen LogP contribution in [-0.2, 0) is 9.53 Å². The lowest BCUT2D eigenvalue weighted by atomic mass is 9.89. The number of ether oxygens (including phenoxy) is 1. The van der Waals surface area contributed by atoms with Crippen LogP contribution in [0.2, 0.25) is 0 Å². The third kappa shape index (κ3) is 2.71. The van der Waals surface area contributed by atoms with Crippen LogP contribution in [0.5, 0.6) is 0 Å². The Bertz CT molecular complexity index is 228. The van der Waals surface area contributed by atoms with E-state index in [2.05, 4.69) is 19.2 Å². The van der Waals surface area contributed by atoms with Crippen LogP contribution in [0.4, 0.5) is 0 Å². The molecule has 0 amide bonds. The minimum Gasteiger partial charge on any atom is -0.460 e. The van der Waals surface area contributed by atoms with Gasteiger partial charge in [-0.3, -0.25) is 4.79 Å². The molecule has 0 bridgehead atoms. The van der Waals surface area contributed by atoms with Crippen molar-refractivity contribution in [3.05, 3.63) is 0 Å². The maximum Gasteiger partial charge on any atom is 0.311 e. The second kappa shape index (κ2) is 3.54. The highest BCUT2D eigenvalue weighted by molar-refractivity contribution is 5.75. The normalized spacial score (nSPS) is 26.2. The lowest BCUT2D eigenvalue weighted by Crippen LogP contribution is -2.43. The topological polar surface area (TPSA) is 38.3 Å². The van der Waals surface area contributed by atoms with Crippen LogP contribution in [0.15, 0.2) is 0 Å². The van der Waals surface area contributed by atoms with Crippen molar-refractivity contribution >= 4 is 5.97 Å². The summed E-state index contributed by atoms with van der Waals surface area (Å²) in [5, 5.41) is 3.31. The summed E-state index contributed by atoms with van der Waals surface area (Å²) in [4.78, 5) is 11.8. The molecule has 1 aliphatic heterocycles. The van der Waals surface area contributed by atoms with Crippen molar-refractivity contribution in [3.63, 3.8) is 0 Å². The predicted molar refractivity (Wildman–Crippen MR) is 56.0 cm³/mol. The molecule has 82 valence electrons. The van der Waals surface area contributed by atoms with Crippen molar-refractivity contribution in [2.24, 2.45) is 5.92 Å². The zero-order valence-corrected chi connectivity index (χ0v) is 9.81. The van der Waals surface area contributed by atoms with Gasteiger partial charge in [-0.25, -0.2) is 0 Å². The van der Waals surface area contributed by atoms with Gasteiger partial charge in [-0.05, 0) is 47.6 Å². The summed E-state index contributed by atoms with van der Waals surface area (Å²) in [6.45, 7) is 10.7. The molecule has 0 aromatic rings. The molecule has 0 aliphatic carbocycles. The molecule has 0 saturated carbocycles. The highest BCUT2D eigenvalue weighted by atomic mass is 16.6. The summed E-state index contributed by atoms with van der Waals surface area (Å²) in [6, 6.07) is 0. The van der Waals surface area contributed by atoms with E-state index in [1.165, 1.54) is 0 Å². The van der Waals surface area contributed by atoms with Crippen molar-refractivity contribution in [2.45, 2.75) is 52.2 Å². The molecule has 1 rings (SSSR count). The Morgan fingerprint density at radius 2 is 2.00 bits per heavy atom. The third-order valence-corrected chi connectivity index (χ3v) is 2.58. The highest BCUT2D eigenvalue weighted by Crippen LogP contribution is 2.28. The molecule has 0 radical (unpaired) electrons. The lowest BCUT2D eigenvalue weighted by molar-refractivity contribution is -0.161. The molecular weight excluding hydrogens is 178 g/mol. The predicted octanol–water partition coefficient (Wildman–Crippen LogP) is 1.72. The van der Waals surface area contributed by atoms with E-state index in [0.717, 1.165) is 13.0 Å². The van der Waals surface area contributed by atoms with Crippen molar-refractivity contribution in [1.29, 1.82) is 0 Å². The minimum atomic E-state index is -0.379. The van der Waals surface area contributed by atoms with Gasteiger partial charge in [0.1, 0.15) is 5.60 Å². The first-order valence-electron chi connectivity index (χ1n) is 5.20. The van der Waals surface area contributed by atoms with Crippen LogP contribution < -0.4 is 5.32 Å². The second-order valence-electron chi connectivity index (χ2n) is 5.52. The molecule has 1 N–H and O–H groups in total. The summed E-state index contributed by atoms with van der Waals surface area (Å²) in [7, 11) is 0. The summed E-state index contributed by atoms with van der Waals surface area (Å²) in [5.74, 6) is -0.0887. The maximum absolute atomic E-state index is 11.8. The average Bonchev–Trinajstić information content (AvgIpc) is 2.25. The van der Waals surface area contributed by atoms with E-state index in [9.17, 15) is 4.79 Å². The number of hydrogen-bond acceptors (Lipinski definition) is 3. The lowest BCUT2D eigenvalue weighted by Gasteiger charge is -2.29. The average molecular weight is 199 g/mol. The Morgan fingerprint density at radius 1 is 1.43 bits per heavy atom. The van der Waals surface area contributed by atoms with E-state index in [1.54, 1.807) is 0 Å². The van der Waals surface area contributed by atoms with Crippen molar-refractivity contribution in [1.82, 2.24) is 5.32 Å². The van der Waals surface area contributed by atoms with E-state index in [0.29, 0.717) is 0 Å². The molecule has 1 heterocycles. The van der Waals surface area contributed by atoms with Gasteiger partial charge in [0.05, 0.1) is 5.92 Å². The van der Waals surface area contributed by atoms with Gasteiger partial charge in [-0.1, -0.05) is 0 Å². The molecule has 3 nitrogen and oxygen atoms in total. The molecule has 0 aromatic heterocycles. The molecule has 1 unspecified atom stereocenters.